The second kappa shape index (κ2) is 6.01. The summed E-state index contributed by atoms with van der Waals surface area (Å²) in [5.74, 6) is 0. The van der Waals surface area contributed by atoms with E-state index in [2.05, 4.69) is 80.0 Å². The largest absolute Gasteiger partial charge is 0.313 e. The lowest BCUT2D eigenvalue weighted by molar-refractivity contribution is 0.337. The van der Waals surface area contributed by atoms with E-state index >= 15 is 0 Å². The number of benzene rings is 1. The van der Waals surface area contributed by atoms with Crippen molar-refractivity contribution in [2.75, 3.05) is 7.05 Å². The highest BCUT2D eigenvalue weighted by Crippen LogP contribution is 2.29. The van der Waals surface area contributed by atoms with Gasteiger partial charge in [-0.1, -0.05) is 39.0 Å². The zero-order chi connectivity index (χ0) is 12.2. The van der Waals surface area contributed by atoms with Crippen LogP contribution in [0.25, 0.3) is 0 Å². The van der Waals surface area contributed by atoms with Crippen LogP contribution < -0.4 is 5.32 Å². The van der Waals surface area contributed by atoms with Crippen molar-refractivity contribution in [1.29, 1.82) is 0 Å². The molecule has 0 amide bonds. The lowest BCUT2D eigenvalue weighted by Crippen LogP contribution is -2.19. The van der Waals surface area contributed by atoms with Crippen LogP contribution in [0.3, 0.4) is 0 Å². The van der Waals surface area contributed by atoms with Crippen LogP contribution in [0.2, 0.25) is 0 Å². The maximum absolute atomic E-state index is 3.43. The quantitative estimate of drug-likeness (QED) is 0.808. The zero-order valence-electron chi connectivity index (χ0n) is 10.7. The number of halogens is 1. The van der Waals surface area contributed by atoms with Crippen molar-refractivity contribution in [2.24, 2.45) is 5.41 Å². The van der Waals surface area contributed by atoms with Crippen LogP contribution in [0, 0.1) is 8.99 Å². The van der Waals surface area contributed by atoms with E-state index in [1.54, 1.807) is 0 Å². The average Bonchev–Trinajstić information content (AvgIpc) is 2.20. The van der Waals surface area contributed by atoms with Crippen molar-refractivity contribution in [3.05, 3.63) is 33.4 Å². The van der Waals surface area contributed by atoms with Crippen LogP contribution >= 0.6 is 22.6 Å². The summed E-state index contributed by atoms with van der Waals surface area (Å²) in [4.78, 5) is 0. The van der Waals surface area contributed by atoms with Crippen molar-refractivity contribution in [2.45, 2.75) is 39.7 Å². The van der Waals surface area contributed by atoms with E-state index in [-0.39, 0.29) is 0 Å². The predicted molar refractivity (Wildman–Crippen MR) is 79.6 cm³/mol. The Hall–Kier alpha value is -0.0900. The minimum Gasteiger partial charge on any atom is -0.313 e. The van der Waals surface area contributed by atoms with Gasteiger partial charge in [-0.3, -0.25) is 0 Å². The predicted octanol–water partition coefficient (Wildman–Crippen LogP) is 4.38. The van der Waals surface area contributed by atoms with Gasteiger partial charge in [-0.2, -0.15) is 0 Å². The molecule has 0 aromatic heterocycles. The lowest BCUT2D eigenvalue weighted by atomic mass is 9.87. The first kappa shape index (κ1) is 14.0. The normalized spacial score (nSPS) is 13.8. The van der Waals surface area contributed by atoms with E-state index < -0.39 is 0 Å². The summed E-state index contributed by atoms with van der Waals surface area (Å²) < 4.78 is 1.35. The van der Waals surface area contributed by atoms with Gasteiger partial charge in [-0.25, -0.2) is 0 Å². The molecular weight excluding hydrogens is 309 g/mol. The summed E-state index contributed by atoms with van der Waals surface area (Å²) in [5.41, 5.74) is 1.84. The fraction of sp³-hybridized carbons (Fsp3) is 0.571. The van der Waals surface area contributed by atoms with Gasteiger partial charge in [0.1, 0.15) is 0 Å². The molecule has 0 aliphatic rings. The summed E-state index contributed by atoms with van der Waals surface area (Å²) in [6, 6.07) is 9.11. The Morgan fingerprint density at radius 2 is 1.88 bits per heavy atom. The van der Waals surface area contributed by atoms with Gasteiger partial charge >= 0.3 is 0 Å². The maximum atomic E-state index is 3.43. The zero-order valence-corrected chi connectivity index (χ0v) is 12.8. The fourth-order valence-electron chi connectivity index (χ4n) is 1.79. The molecule has 1 nitrogen and oxygen atoms in total. The van der Waals surface area contributed by atoms with E-state index in [1.165, 1.54) is 22.0 Å². The highest BCUT2D eigenvalue weighted by molar-refractivity contribution is 14.1. The van der Waals surface area contributed by atoms with Gasteiger partial charge in [-0.05, 0) is 59.5 Å². The summed E-state index contributed by atoms with van der Waals surface area (Å²) in [7, 11) is 2.05. The first-order valence-corrected chi connectivity index (χ1v) is 6.93. The van der Waals surface area contributed by atoms with Crippen molar-refractivity contribution < 1.29 is 0 Å². The molecule has 1 atom stereocenters. The third-order valence-corrected chi connectivity index (χ3v) is 3.79. The van der Waals surface area contributed by atoms with Crippen LogP contribution in [-0.4, -0.2) is 7.05 Å². The highest BCUT2D eigenvalue weighted by atomic mass is 127. The number of hydrogen-bond acceptors (Lipinski definition) is 1. The van der Waals surface area contributed by atoms with Crippen LogP contribution in [0.4, 0.5) is 0 Å². The minimum atomic E-state index is 0.412. The molecular formula is C14H22IN. The lowest BCUT2D eigenvalue weighted by Gasteiger charge is -2.24. The number of hydrogen-bond donors (Lipinski definition) is 1. The van der Waals surface area contributed by atoms with Crippen LogP contribution in [0.1, 0.15) is 45.2 Å². The molecule has 0 heterocycles. The Bertz CT molecular complexity index is 328. The molecule has 0 fully saturated rings. The van der Waals surface area contributed by atoms with Crippen molar-refractivity contribution in [3.8, 4) is 0 Å². The van der Waals surface area contributed by atoms with Gasteiger partial charge in [0.05, 0.1) is 0 Å². The van der Waals surface area contributed by atoms with Gasteiger partial charge in [0, 0.05) is 9.61 Å². The van der Waals surface area contributed by atoms with Gasteiger partial charge in [0.15, 0.2) is 0 Å². The molecule has 0 spiro atoms. The third-order valence-electron chi connectivity index (χ3n) is 2.81. The molecule has 1 aromatic rings. The SMILES string of the molecule is CNC(CCC(C)(C)C)c1ccccc1I. The second-order valence-electron chi connectivity index (χ2n) is 5.46. The Labute approximate surface area is 113 Å². The molecule has 1 rings (SSSR count). The highest BCUT2D eigenvalue weighted by Gasteiger charge is 2.16. The number of nitrogens with one attached hydrogen (secondary N) is 1. The smallest absolute Gasteiger partial charge is 0.0328 e. The molecule has 1 N–H and O–H groups in total. The summed E-state index contributed by atoms with van der Waals surface area (Å²) in [6.45, 7) is 6.90. The third kappa shape index (κ3) is 4.42. The summed E-state index contributed by atoms with van der Waals surface area (Å²) >= 11 is 2.42. The number of rotatable bonds is 4. The van der Waals surface area contributed by atoms with E-state index in [0.717, 1.165) is 0 Å². The van der Waals surface area contributed by atoms with E-state index in [9.17, 15) is 0 Å². The Morgan fingerprint density at radius 3 is 2.38 bits per heavy atom. The van der Waals surface area contributed by atoms with E-state index in [1.807, 2.05) is 0 Å². The van der Waals surface area contributed by atoms with Gasteiger partial charge < -0.3 is 5.32 Å². The Morgan fingerprint density at radius 1 is 1.25 bits per heavy atom. The standard InChI is InChI=1S/C14H22IN/c1-14(2,3)10-9-13(16-4)11-7-5-6-8-12(11)15/h5-8,13,16H,9-10H2,1-4H3. The van der Waals surface area contributed by atoms with Gasteiger partial charge in [0.2, 0.25) is 0 Å². The molecule has 2 heteroatoms. The van der Waals surface area contributed by atoms with Crippen LogP contribution in [0.15, 0.2) is 24.3 Å². The minimum absolute atomic E-state index is 0.412. The second-order valence-corrected chi connectivity index (χ2v) is 6.62. The monoisotopic (exact) mass is 331 g/mol. The van der Waals surface area contributed by atoms with Gasteiger partial charge in [0.25, 0.3) is 0 Å². The van der Waals surface area contributed by atoms with Crippen molar-refractivity contribution in [1.82, 2.24) is 5.32 Å². The maximum Gasteiger partial charge on any atom is 0.0328 e. The summed E-state index contributed by atoms with van der Waals surface area (Å²) in [5, 5.41) is 3.43. The van der Waals surface area contributed by atoms with Crippen LogP contribution in [0.5, 0.6) is 0 Å². The molecule has 0 aliphatic heterocycles. The molecule has 0 aliphatic carbocycles. The van der Waals surface area contributed by atoms with E-state index in [0.29, 0.717) is 11.5 Å². The first-order chi connectivity index (χ1) is 7.44. The Balaban J connectivity index is 2.72. The Kier molecular flexibility index (Phi) is 5.25. The molecule has 0 saturated heterocycles. The molecule has 16 heavy (non-hydrogen) atoms. The summed E-state index contributed by atoms with van der Waals surface area (Å²) in [6.07, 6.45) is 2.43. The topological polar surface area (TPSA) is 12.0 Å². The van der Waals surface area contributed by atoms with Crippen LogP contribution in [-0.2, 0) is 0 Å². The fourth-order valence-corrected chi connectivity index (χ4v) is 2.55. The van der Waals surface area contributed by atoms with E-state index in [4.69, 9.17) is 0 Å². The first-order valence-electron chi connectivity index (χ1n) is 5.86. The van der Waals surface area contributed by atoms with Crippen molar-refractivity contribution >= 4 is 22.6 Å². The molecule has 90 valence electrons. The van der Waals surface area contributed by atoms with Gasteiger partial charge in [-0.15, -0.1) is 0 Å². The average molecular weight is 331 g/mol. The molecule has 1 aromatic carbocycles. The molecule has 1 unspecified atom stereocenters. The molecule has 0 saturated carbocycles. The van der Waals surface area contributed by atoms with Crippen molar-refractivity contribution in [3.63, 3.8) is 0 Å². The molecule has 0 bridgehead atoms. The molecule has 0 radical (unpaired) electrons.